The van der Waals surface area contributed by atoms with Gasteiger partial charge in [0.15, 0.2) is 6.10 Å². The smallest absolute Gasteiger partial charge is 0.338 e. The molecule has 1 unspecified atom stereocenters. The fourth-order valence-corrected chi connectivity index (χ4v) is 4.36. The van der Waals surface area contributed by atoms with Crippen molar-refractivity contribution in [3.8, 4) is 0 Å². The van der Waals surface area contributed by atoms with E-state index in [1.807, 2.05) is 19.1 Å². The first-order valence-corrected chi connectivity index (χ1v) is 11.1. The molecule has 0 aliphatic carbocycles. The Morgan fingerprint density at radius 2 is 1.41 bits per heavy atom. The van der Waals surface area contributed by atoms with E-state index in [-0.39, 0.29) is 16.2 Å². The van der Waals surface area contributed by atoms with E-state index < -0.39 is 22.1 Å². The molecular formula is C22H27NO5S. The minimum Gasteiger partial charge on any atom is -0.451 e. The van der Waals surface area contributed by atoms with Gasteiger partial charge in [0, 0.05) is 18.7 Å². The Balaban J connectivity index is 2.09. The van der Waals surface area contributed by atoms with Crippen LogP contribution in [-0.2, 0) is 21.2 Å². The van der Waals surface area contributed by atoms with Crippen molar-refractivity contribution in [2.45, 2.75) is 45.1 Å². The number of hydrogen-bond donors (Lipinski definition) is 0. The summed E-state index contributed by atoms with van der Waals surface area (Å²) >= 11 is 0. The van der Waals surface area contributed by atoms with Crippen LogP contribution in [0.4, 0.5) is 0 Å². The number of rotatable bonds is 9. The molecule has 2 rings (SSSR count). The Morgan fingerprint density at radius 3 is 1.90 bits per heavy atom. The predicted octanol–water partition coefficient (Wildman–Crippen LogP) is 3.71. The molecule has 1 atom stereocenters. The van der Waals surface area contributed by atoms with Gasteiger partial charge < -0.3 is 4.74 Å². The van der Waals surface area contributed by atoms with Gasteiger partial charge in [-0.1, -0.05) is 45.0 Å². The second-order valence-electron chi connectivity index (χ2n) is 6.58. The van der Waals surface area contributed by atoms with E-state index in [4.69, 9.17) is 4.74 Å². The molecule has 29 heavy (non-hydrogen) atoms. The number of hydrogen-bond acceptors (Lipinski definition) is 5. The van der Waals surface area contributed by atoms with Gasteiger partial charge in [-0.3, -0.25) is 4.79 Å². The number of sulfonamides is 1. The number of ether oxygens (including phenoxy) is 1. The number of Topliss-reactive ketones (excluding diaryl/α,β-unsaturated/α-hetero) is 1. The number of carbonyl (C=O) groups is 2. The highest BCUT2D eigenvalue weighted by molar-refractivity contribution is 7.89. The minimum atomic E-state index is -3.59. The largest absolute Gasteiger partial charge is 0.451 e. The number of benzene rings is 2. The minimum absolute atomic E-state index is 0.109. The zero-order chi connectivity index (χ0) is 21.6. The van der Waals surface area contributed by atoms with Gasteiger partial charge in [-0.2, -0.15) is 4.31 Å². The molecule has 0 aromatic heterocycles. The van der Waals surface area contributed by atoms with Crippen molar-refractivity contribution in [1.82, 2.24) is 4.31 Å². The summed E-state index contributed by atoms with van der Waals surface area (Å²) in [4.78, 5) is 24.9. The topological polar surface area (TPSA) is 80.8 Å². The first-order chi connectivity index (χ1) is 13.7. The van der Waals surface area contributed by atoms with Crippen molar-refractivity contribution < 1.29 is 22.7 Å². The maximum absolute atomic E-state index is 12.5. The second-order valence-corrected chi connectivity index (χ2v) is 8.51. The fraction of sp³-hybridized carbons (Fsp3) is 0.364. The van der Waals surface area contributed by atoms with E-state index in [1.54, 1.807) is 26.0 Å². The summed E-state index contributed by atoms with van der Waals surface area (Å²) in [6.07, 6.45) is -0.0759. The molecule has 0 saturated heterocycles. The lowest BCUT2D eigenvalue weighted by Gasteiger charge is -2.18. The summed E-state index contributed by atoms with van der Waals surface area (Å²) in [6, 6.07) is 12.7. The molecule has 2 aromatic carbocycles. The summed E-state index contributed by atoms with van der Waals surface area (Å²) in [5.41, 5.74) is 1.78. The van der Waals surface area contributed by atoms with Gasteiger partial charge in [-0.05, 0) is 43.2 Å². The van der Waals surface area contributed by atoms with Crippen LogP contribution in [0.3, 0.4) is 0 Å². The van der Waals surface area contributed by atoms with E-state index in [9.17, 15) is 18.0 Å². The Morgan fingerprint density at radius 1 is 0.897 bits per heavy atom. The van der Waals surface area contributed by atoms with Gasteiger partial charge in [-0.15, -0.1) is 0 Å². The van der Waals surface area contributed by atoms with Gasteiger partial charge in [0.05, 0.1) is 10.5 Å². The zero-order valence-electron chi connectivity index (χ0n) is 17.2. The lowest BCUT2D eigenvalue weighted by atomic mass is 10.0. The SMILES string of the molecule is CCc1ccc(C(=O)C(C)OC(=O)c2ccc(S(=O)(=O)N(CC)CC)cc2)cc1. The first-order valence-electron chi connectivity index (χ1n) is 9.68. The normalized spacial score (nSPS) is 12.6. The first kappa shape index (κ1) is 22.8. The van der Waals surface area contributed by atoms with Crippen LogP contribution in [0, 0.1) is 0 Å². The molecule has 7 heteroatoms. The standard InChI is InChI=1S/C22H27NO5S/c1-5-17-8-10-18(11-9-17)21(24)16(4)28-22(25)19-12-14-20(15-13-19)29(26,27)23(6-2)7-3/h8-16H,5-7H2,1-4H3. The van der Waals surface area contributed by atoms with E-state index in [0.717, 1.165) is 12.0 Å². The van der Waals surface area contributed by atoms with Crippen LogP contribution < -0.4 is 0 Å². The molecule has 0 fully saturated rings. The summed E-state index contributed by atoms with van der Waals surface area (Å²) in [5.74, 6) is -0.968. The molecule has 6 nitrogen and oxygen atoms in total. The average Bonchev–Trinajstić information content (AvgIpc) is 2.74. The lowest BCUT2D eigenvalue weighted by molar-refractivity contribution is 0.0318. The average molecular weight is 418 g/mol. The van der Waals surface area contributed by atoms with Crippen LogP contribution in [0.2, 0.25) is 0 Å². The molecule has 0 aliphatic rings. The molecule has 0 saturated carbocycles. The molecule has 0 amide bonds. The summed E-state index contributed by atoms with van der Waals surface area (Å²) in [5, 5.41) is 0. The van der Waals surface area contributed by atoms with Gasteiger partial charge in [0.25, 0.3) is 0 Å². The summed E-state index contributed by atoms with van der Waals surface area (Å²) < 4.78 is 31.6. The van der Waals surface area contributed by atoms with Crippen molar-refractivity contribution in [2.24, 2.45) is 0 Å². The molecule has 0 bridgehead atoms. The fourth-order valence-electron chi connectivity index (χ4n) is 2.90. The number of ketones is 1. The van der Waals surface area contributed by atoms with Gasteiger partial charge in [0.1, 0.15) is 0 Å². The maximum Gasteiger partial charge on any atom is 0.338 e. The Kier molecular flexibility index (Phi) is 7.70. The van der Waals surface area contributed by atoms with E-state index in [2.05, 4.69) is 0 Å². The Hall–Kier alpha value is -2.51. The maximum atomic E-state index is 12.5. The molecular weight excluding hydrogens is 390 g/mol. The molecule has 0 aliphatic heterocycles. The van der Waals surface area contributed by atoms with Crippen molar-refractivity contribution >= 4 is 21.8 Å². The van der Waals surface area contributed by atoms with Crippen LogP contribution in [0.15, 0.2) is 53.4 Å². The molecule has 0 spiro atoms. The number of esters is 1. The third kappa shape index (κ3) is 5.31. The highest BCUT2D eigenvalue weighted by Crippen LogP contribution is 2.17. The summed E-state index contributed by atoms with van der Waals surface area (Å²) in [7, 11) is -3.59. The van der Waals surface area contributed by atoms with Crippen LogP contribution in [0.5, 0.6) is 0 Å². The third-order valence-corrected chi connectivity index (χ3v) is 6.80. The zero-order valence-corrected chi connectivity index (χ0v) is 18.0. The molecule has 2 aromatic rings. The van der Waals surface area contributed by atoms with E-state index >= 15 is 0 Å². The van der Waals surface area contributed by atoms with Gasteiger partial charge in [-0.25, -0.2) is 13.2 Å². The van der Waals surface area contributed by atoms with Crippen molar-refractivity contribution in [1.29, 1.82) is 0 Å². The van der Waals surface area contributed by atoms with Crippen LogP contribution in [0.25, 0.3) is 0 Å². The van der Waals surface area contributed by atoms with Crippen molar-refractivity contribution in [3.05, 3.63) is 65.2 Å². The monoisotopic (exact) mass is 417 g/mol. The molecule has 0 N–H and O–H groups in total. The van der Waals surface area contributed by atoms with Crippen LogP contribution >= 0.6 is 0 Å². The van der Waals surface area contributed by atoms with Crippen LogP contribution in [0.1, 0.15) is 54.0 Å². The highest BCUT2D eigenvalue weighted by Gasteiger charge is 2.23. The predicted molar refractivity (Wildman–Crippen MR) is 112 cm³/mol. The number of aryl methyl sites for hydroxylation is 1. The van der Waals surface area contributed by atoms with E-state index in [0.29, 0.717) is 18.7 Å². The molecule has 156 valence electrons. The van der Waals surface area contributed by atoms with E-state index in [1.165, 1.54) is 35.5 Å². The Bertz CT molecular complexity index is 946. The molecule has 0 radical (unpaired) electrons. The highest BCUT2D eigenvalue weighted by atomic mass is 32.2. The quantitative estimate of drug-likeness (QED) is 0.459. The lowest BCUT2D eigenvalue weighted by Crippen LogP contribution is -2.30. The van der Waals surface area contributed by atoms with Gasteiger partial charge >= 0.3 is 5.97 Å². The Labute approximate surface area is 172 Å². The van der Waals surface area contributed by atoms with Gasteiger partial charge in [0.2, 0.25) is 15.8 Å². The van der Waals surface area contributed by atoms with Crippen molar-refractivity contribution in [2.75, 3.05) is 13.1 Å². The van der Waals surface area contributed by atoms with Crippen molar-refractivity contribution in [3.63, 3.8) is 0 Å². The van der Waals surface area contributed by atoms with Crippen LogP contribution in [-0.4, -0.2) is 43.7 Å². The number of nitrogens with zero attached hydrogens (tertiary/aromatic N) is 1. The third-order valence-electron chi connectivity index (χ3n) is 4.73. The summed E-state index contributed by atoms with van der Waals surface area (Å²) in [6.45, 7) is 7.80. The second kappa shape index (κ2) is 9.80. The number of carbonyl (C=O) groups excluding carboxylic acids is 2. The molecule has 0 heterocycles.